The van der Waals surface area contributed by atoms with E-state index in [9.17, 15) is 19.2 Å². The van der Waals surface area contributed by atoms with Crippen LogP contribution in [0.5, 0.6) is 0 Å². The molecule has 0 spiro atoms. The van der Waals surface area contributed by atoms with E-state index in [0.29, 0.717) is 9.13 Å². The molecule has 0 saturated carbocycles. The summed E-state index contributed by atoms with van der Waals surface area (Å²) >= 11 is 1.85. The molecule has 1 N–H and O–H groups in total. The normalized spacial score (nSPS) is 19.6. The second kappa shape index (κ2) is 13.0. The second-order valence-electron chi connectivity index (χ2n) is 9.16. The molecule has 1 aliphatic heterocycles. The zero-order valence-corrected chi connectivity index (χ0v) is 23.9. The van der Waals surface area contributed by atoms with Crippen LogP contribution in [0.4, 0.5) is 10.2 Å². The van der Waals surface area contributed by atoms with Crippen LogP contribution in [0.15, 0.2) is 102 Å². The molecule has 10 nitrogen and oxygen atoms in total. The molecule has 4 aromatic rings. The van der Waals surface area contributed by atoms with Crippen molar-refractivity contribution in [3.63, 3.8) is 0 Å². The molecular weight excluding hydrogens is 660 g/mol. The first kappa shape index (κ1) is 29.1. The Morgan fingerprint density at radius 1 is 0.881 bits per heavy atom. The average Bonchev–Trinajstić information content (AvgIpc) is 3.32. The van der Waals surface area contributed by atoms with Crippen LogP contribution in [0.1, 0.15) is 37.3 Å². The number of amides is 1. The fraction of sp³-hybridized carbons (Fsp3) is 0.167. The summed E-state index contributed by atoms with van der Waals surface area (Å²) in [7, 11) is 0. The van der Waals surface area contributed by atoms with Crippen LogP contribution < -0.4 is 11.0 Å². The van der Waals surface area contributed by atoms with Gasteiger partial charge >= 0.3 is 17.6 Å². The number of benzene rings is 3. The van der Waals surface area contributed by atoms with Gasteiger partial charge in [-0.05, 0) is 59.0 Å². The van der Waals surface area contributed by atoms with Crippen molar-refractivity contribution < 1.29 is 33.0 Å². The van der Waals surface area contributed by atoms with Crippen LogP contribution in [-0.2, 0) is 14.2 Å². The van der Waals surface area contributed by atoms with E-state index in [-0.39, 0.29) is 16.9 Å². The number of carbonyl (C=O) groups is 3. The Morgan fingerprint density at radius 3 is 2.02 bits per heavy atom. The smallest absolute Gasteiger partial charge is 0.351 e. The monoisotopic (exact) mass is 683 g/mol. The number of alkyl halides is 1. The van der Waals surface area contributed by atoms with Gasteiger partial charge in [-0.2, -0.15) is 4.98 Å². The molecule has 4 atom stereocenters. The first-order valence-electron chi connectivity index (χ1n) is 12.7. The number of aromatic nitrogens is 2. The number of nitrogens with zero attached hydrogens (tertiary/aromatic N) is 2. The molecule has 1 saturated heterocycles. The predicted octanol–water partition coefficient (Wildman–Crippen LogP) is 4.42. The number of rotatable bonds is 8. The lowest BCUT2D eigenvalue weighted by Crippen LogP contribution is -2.38. The Kier molecular flexibility index (Phi) is 9.03. The lowest BCUT2D eigenvalue weighted by atomic mass is 10.1. The van der Waals surface area contributed by atoms with Crippen molar-refractivity contribution in [1.82, 2.24) is 9.55 Å². The van der Waals surface area contributed by atoms with Gasteiger partial charge in [-0.3, -0.25) is 9.36 Å². The number of ether oxygens (including phenoxy) is 3. The predicted molar refractivity (Wildman–Crippen MR) is 157 cm³/mol. The van der Waals surface area contributed by atoms with E-state index in [1.165, 1.54) is 18.3 Å². The highest BCUT2D eigenvalue weighted by Gasteiger charge is 2.50. The van der Waals surface area contributed by atoms with Gasteiger partial charge in [0.2, 0.25) is 0 Å². The Morgan fingerprint density at radius 2 is 1.43 bits per heavy atom. The topological polar surface area (TPSA) is 126 Å². The van der Waals surface area contributed by atoms with Gasteiger partial charge in [-0.15, -0.1) is 0 Å². The first-order valence-corrected chi connectivity index (χ1v) is 13.8. The fourth-order valence-electron chi connectivity index (χ4n) is 4.26. The highest BCUT2D eigenvalue weighted by molar-refractivity contribution is 14.1. The van der Waals surface area contributed by atoms with E-state index in [1.54, 1.807) is 78.9 Å². The maximum absolute atomic E-state index is 16.0. The molecule has 0 bridgehead atoms. The maximum Gasteiger partial charge on any atom is 0.351 e. The summed E-state index contributed by atoms with van der Waals surface area (Å²) in [5.41, 5.74) is -0.107. The highest BCUT2D eigenvalue weighted by Crippen LogP contribution is 2.34. The molecule has 0 radical (unpaired) electrons. The molecule has 4 unspecified atom stereocenters. The minimum Gasteiger partial charge on any atom is -0.459 e. The second-order valence-corrected chi connectivity index (χ2v) is 10.3. The van der Waals surface area contributed by atoms with Crippen molar-refractivity contribution in [3.8, 4) is 0 Å². The summed E-state index contributed by atoms with van der Waals surface area (Å²) in [6.45, 7) is -0.456. The summed E-state index contributed by atoms with van der Waals surface area (Å²) in [5.74, 6) is -1.99. The molecule has 12 heteroatoms. The van der Waals surface area contributed by atoms with Crippen molar-refractivity contribution in [3.05, 3.63) is 128 Å². The van der Waals surface area contributed by atoms with Crippen LogP contribution in [0.2, 0.25) is 0 Å². The first-order chi connectivity index (χ1) is 20.3. The molecule has 0 aliphatic carbocycles. The summed E-state index contributed by atoms with van der Waals surface area (Å²) in [6, 6.07) is 24.5. The van der Waals surface area contributed by atoms with Gasteiger partial charge in [0.1, 0.15) is 12.7 Å². The van der Waals surface area contributed by atoms with Crippen molar-refractivity contribution >= 4 is 46.3 Å². The minimum atomic E-state index is -2.03. The van der Waals surface area contributed by atoms with Crippen LogP contribution >= 0.6 is 22.6 Å². The van der Waals surface area contributed by atoms with Gasteiger partial charge in [-0.1, -0.05) is 54.6 Å². The van der Waals surface area contributed by atoms with E-state index in [1.807, 2.05) is 22.6 Å². The van der Waals surface area contributed by atoms with Gasteiger partial charge < -0.3 is 19.5 Å². The Labute approximate surface area is 252 Å². The molecule has 1 amide bonds. The van der Waals surface area contributed by atoms with Gasteiger partial charge in [-0.25, -0.2) is 18.8 Å². The lowest BCUT2D eigenvalue weighted by molar-refractivity contribution is -0.0592. The van der Waals surface area contributed by atoms with E-state index < -0.39 is 54.7 Å². The molecule has 3 aromatic carbocycles. The molecule has 214 valence electrons. The van der Waals surface area contributed by atoms with Crippen molar-refractivity contribution in [2.75, 3.05) is 11.9 Å². The third-order valence-electron chi connectivity index (χ3n) is 6.36. The number of hydrogen-bond donors (Lipinski definition) is 1. The van der Waals surface area contributed by atoms with E-state index >= 15 is 4.39 Å². The summed E-state index contributed by atoms with van der Waals surface area (Å²) in [4.78, 5) is 54.8. The quantitative estimate of drug-likeness (QED) is 0.214. The number of nitrogens with one attached hydrogen (secondary N) is 1. The summed E-state index contributed by atoms with van der Waals surface area (Å²) in [6.07, 6.45) is -5.08. The Balaban J connectivity index is 1.38. The fourth-order valence-corrected chi connectivity index (χ4v) is 4.81. The lowest BCUT2D eigenvalue weighted by Gasteiger charge is -2.19. The SMILES string of the molecule is O=C(Nc1nc(=O)n(C2OC(COC(=O)c3ccccc3)C(OC(=O)c3ccccc3)C2F)cc1I)c1ccccc1. The van der Waals surface area contributed by atoms with Crippen LogP contribution in [0.25, 0.3) is 0 Å². The molecule has 5 rings (SSSR count). The third-order valence-corrected chi connectivity index (χ3v) is 7.15. The molecular formula is C30H23FIN3O7. The van der Waals surface area contributed by atoms with Crippen LogP contribution in [0.3, 0.4) is 0 Å². The Bertz CT molecular complexity index is 1640. The summed E-state index contributed by atoms with van der Waals surface area (Å²) < 4.78 is 33.8. The van der Waals surface area contributed by atoms with Gasteiger partial charge in [0.25, 0.3) is 5.91 Å². The Hall–Kier alpha value is -4.43. The van der Waals surface area contributed by atoms with Crippen molar-refractivity contribution in [1.29, 1.82) is 0 Å². The van der Waals surface area contributed by atoms with Gasteiger partial charge in [0.15, 0.2) is 24.3 Å². The van der Waals surface area contributed by atoms with Gasteiger partial charge in [0.05, 0.1) is 14.7 Å². The third kappa shape index (κ3) is 6.55. The van der Waals surface area contributed by atoms with E-state index in [0.717, 1.165) is 4.57 Å². The zero-order valence-electron chi connectivity index (χ0n) is 21.8. The average molecular weight is 683 g/mol. The van der Waals surface area contributed by atoms with Crippen molar-refractivity contribution in [2.24, 2.45) is 0 Å². The minimum absolute atomic E-state index is 0.0143. The maximum atomic E-state index is 16.0. The van der Waals surface area contributed by atoms with E-state index in [4.69, 9.17) is 14.2 Å². The molecule has 1 aliphatic rings. The molecule has 2 heterocycles. The van der Waals surface area contributed by atoms with Gasteiger partial charge in [0, 0.05) is 11.8 Å². The molecule has 1 fully saturated rings. The largest absolute Gasteiger partial charge is 0.459 e. The number of carbonyl (C=O) groups excluding carboxylic acids is 3. The zero-order chi connectivity index (χ0) is 29.6. The molecule has 42 heavy (non-hydrogen) atoms. The standard InChI is InChI=1S/C30H23FIN3O7/c31-23-24(42-29(38)20-14-8-3-9-15-20)22(17-40-28(37)19-12-6-2-7-13-19)41-27(23)35-16-21(32)25(34-30(35)39)33-26(36)18-10-4-1-5-11-18/h1-16,22-24,27H,17H2,(H,33,34,36,39). The number of anilines is 1. The summed E-state index contributed by atoms with van der Waals surface area (Å²) in [5, 5.41) is 2.57. The highest BCUT2D eigenvalue weighted by atomic mass is 127. The van der Waals surface area contributed by atoms with Crippen LogP contribution in [-0.4, -0.2) is 52.4 Å². The number of hydrogen-bond acceptors (Lipinski definition) is 8. The molecule has 1 aromatic heterocycles. The number of halogens is 2. The van der Waals surface area contributed by atoms with Crippen molar-refractivity contribution in [2.45, 2.75) is 24.6 Å². The van der Waals surface area contributed by atoms with E-state index in [2.05, 4.69) is 10.3 Å². The number of esters is 2. The van der Waals surface area contributed by atoms with Crippen LogP contribution in [0, 0.1) is 3.57 Å².